The van der Waals surface area contributed by atoms with Gasteiger partial charge in [0, 0.05) is 6.54 Å². The quantitative estimate of drug-likeness (QED) is 0.468. The molecule has 2 saturated carbocycles. The van der Waals surface area contributed by atoms with Gasteiger partial charge < -0.3 is 4.74 Å². The number of ether oxygens (including phenoxy) is 1. The van der Waals surface area contributed by atoms with Crippen LogP contribution in [0.4, 0.5) is 13.2 Å². The Morgan fingerprint density at radius 3 is 2.52 bits per heavy atom. The Hall–Kier alpha value is -0.610. The molecule has 150 valence electrons. The molecule has 0 N–H and O–H groups in total. The van der Waals surface area contributed by atoms with E-state index in [9.17, 15) is 22.8 Å². The summed E-state index contributed by atoms with van der Waals surface area (Å²) in [6.07, 6.45) is -1.17. The summed E-state index contributed by atoms with van der Waals surface area (Å²) in [7, 11) is 0. The highest BCUT2D eigenvalue weighted by molar-refractivity contribution is 9.28. The summed E-state index contributed by atoms with van der Waals surface area (Å²) in [5.41, 5.74) is -1.31. The van der Waals surface area contributed by atoms with Gasteiger partial charge in [-0.25, -0.2) is 0 Å². The minimum atomic E-state index is -4.67. The Morgan fingerprint density at radius 1 is 1.37 bits per heavy atom. The third kappa shape index (κ3) is 4.53. The topological polar surface area (TPSA) is 48.3 Å². The number of allylic oxidation sites excluding steroid dienone is 1. The van der Waals surface area contributed by atoms with Gasteiger partial charge in [0.05, 0.1) is 14.2 Å². The van der Waals surface area contributed by atoms with E-state index in [1.54, 1.807) is 0 Å². The van der Waals surface area contributed by atoms with Crippen LogP contribution in [0.1, 0.15) is 37.3 Å². The first kappa shape index (κ1) is 21.1. The molecule has 0 bridgehead atoms. The van der Waals surface area contributed by atoms with Gasteiger partial charge in [-0.05, 0) is 62.0 Å². The van der Waals surface area contributed by atoms with Gasteiger partial charge in [0.1, 0.15) is 12.3 Å². The zero-order valence-electron chi connectivity index (χ0n) is 14.6. The molecular weight excluding hydrogens is 515 g/mol. The number of hydrogen-bond donors (Lipinski definition) is 0. The molecule has 4 nitrogen and oxygen atoms in total. The number of carbonyl (C=O) groups excluding carboxylic acids is 1. The molecule has 0 radical (unpaired) electrons. The Balaban J connectivity index is 1.75. The number of halogens is 5. The van der Waals surface area contributed by atoms with Crippen molar-refractivity contribution in [3.8, 4) is 0 Å². The van der Waals surface area contributed by atoms with Gasteiger partial charge in [-0.3, -0.25) is 14.2 Å². The molecule has 2 fully saturated rings. The van der Waals surface area contributed by atoms with Gasteiger partial charge in [0.15, 0.2) is 0 Å². The molecular formula is C17H18Br2F3NO3S. The van der Waals surface area contributed by atoms with Crippen molar-refractivity contribution in [1.29, 1.82) is 0 Å². The van der Waals surface area contributed by atoms with Crippen LogP contribution in [0.3, 0.4) is 0 Å². The van der Waals surface area contributed by atoms with Gasteiger partial charge in [0.25, 0.3) is 0 Å². The molecule has 0 saturated heterocycles. The number of thiazole rings is 1. The number of aromatic nitrogens is 1. The molecule has 0 aliphatic heterocycles. The maximum absolute atomic E-state index is 13.5. The minimum Gasteiger partial charge on any atom is -0.460 e. The van der Waals surface area contributed by atoms with Gasteiger partial charge >= 0.3 is 17.0 Å². The van der Waals surface area contributed by atoms with Crippen molar-refractivity contribution in [2.45, 2.75) is 46.0 Å². The average molecular weight is 533 g/mol. The molecule has 27 heavy (non-hydrogen) atoms. The second kappa shape index (κ2) is 7.33. The van der Waals surface area contributed by atoms with Crippen LogP contribution in [0, 0.1) is 23.2 Å². The standard InChI is InChI=1S/C17H18Br2F3NO3S/c1-16(2)9(5-11(18)19)12(16)14(24)26-7-10-13(17(20,21)22)23(15(25)27-10)6-8-3-4-8/h5,8-9,12H,3-4,6-7H2,1-2H3/t9-,12-/m0/s1. The number of esters is 1. The predicted molar refractivity (Wildman–Crippen MR) is 103 cm³/mol. The third-order valence-corrected chi connectivity index (χ3v) is 6.67. The number of carbonyl (C=O) groups is 1. The molecule has 0 amide bonds. The van der Waals surface area contributed by atoms with Crippen molar-refractivity contribution < 1.29 is 22.7 Å². The van der Waals surface area contributed by atoms with E-state index in [4.69, 9.17) is 4.74 Å². The highest BCUT2D eigenvalue weighted by atomic mass is 79.9. The van der Waals surface area contributed by atoms with E-state index in [-0.39, 0.29) is 28.7 Å². The first-order chi connectivity index (χ1) is 12.4. The van der Waals surface area contributed by atoms with Crippen LogP contribution in [0.5, 0.6) is 0 Å². The summed E-state index contributed by atoms with van der Waals surface area (Å²) in [5.74, 6) is -0.928. The van der Waals surface area contributed by atoms with E-state index in [0.29, 0.717) is 14.7 Å². The lowest BCUT2D eigenvalue weighted by Crippen LogP contribution is -2.23. The van der Waals surface area contributed by atoms with E-state index in [0.717, 1.165) is 17.4 Å². The van der Waals surface area contributed by atoms with E-state index in [1.807, 2.05) is 19.9 Å². The van der Waals surface area contributed by atoms with Crippen molar-refractivity contribution in [2.24, 2.45) is 23.2 Å². The van der Waals surface area contributed by atoms with E-state index >= 15 is 0 Å². The predicted octanol–water partition coefficient (Wildman–Crippen LogP) is 5.29. The third-order valence-electron chi connectivity index (χ3n) is 5.19. The van der Waals surface area contributed by atoms with Crippen LogP contribution in [0.15, 0.2) is 14.3 Å². The van der Waals surface area contributed by atoms with Crippen LogP contribution in [-0.2, 0) is 28.9 Å². The van der Waals surface area contributed by atoms with Crippen LogP contribution >= 0.6 is 43.2 Å². The van der Waals surface area contributed by atoms with E-state index in [1.165, 1.54) is 0 Å². The molecule has 1 aromatic heterocycles. The second-order valence-corrected chi connectivity index (χ2v) is 11.4. The Kier molecular flexibility index (Phi) is 5.73. The maximum atomic E-state index is 13.5. The summed E-state index contributed by atoms with van der Waals surface area (Å²) in [4.78, 5) is 23.5. The Bertz CT molecular complexity index is 835. The molecule has 2 aliphatic carbocycles. The minimum absolute atomic E-state index is 0.0694. The summed E-state index contributed by atoms with van der Waals surface area (Å²) in [6, 6.07) is 0. The lowest BCUT2D eigenvalue weighted by atomic mass is 10.1. The lowest BCUT2D eigenvalue weighted by Gasteiger charge is -2.13. The SMILES string of the molecule is CC1(C)[C@H](C(=O)OCc2sc(=O)n(CC3CC3)c2C(F)(F)F)[C@@H]1C=C(Br)Br. The first-order valence-corrected chi connectivity index (χ1v) is 10.8. The molecule has 2 atom stereocenters. The van der Waals surface area contributed by atoms with Crippen LogP contribution in [0.2, 0.25) is 0 Å². The van der Waals surface area contributed by atoms with Crippen molar-refractivity contribution in [3.63, 3.8) is 0 Å². The zero-order valence-corrected chi connectivity index (χ0v) is 18.6. The van der Waals surface area contributed by atoms with Gasteiger partial charge in [-0.2, -0.15) is 13.2 Å². The monoisotopic (exact) mass is 531 g/mol. The normalized spacial score (nSPS) is 23.8. The molecule has 1 heterocycles. The fourth-order valence-corrected chi connectivity index (χ4v) is 4.88. The molecule has 0 spiro atoms. The van der Waals surface area contributed by atoms with Gasteiger partial charge in [-0.1, -0.05) is 31.3 Å². The lowest BCUT2D eigenvalue weighted by molar-refractivity contribution is -0.151. The van der Waals surface area contributed by atoms with Gasteiger partial charge in [0.2, 0.25) is 0 Å². The summed E-state index contributed by atoms with van der Waals surface area (Å²) < 4.78 is 47.2. The Morgan fingerprint density at radius 2 is 2.00 bits per heavy atom. The van der Waals surface area contributed by atoms with Crippen LogP contribution in [-0.4, -0.2) is 10.5 Å². The number of nitrogens with zero attached hydrogens (tertiary/aromatic N) is 1. The number of alkyl halides is 3. The van der Waals surface area contributed by atoms with Crippen molar-refractivity contribution in [1.82, 2.24) is 4.57 Å². The largest absolute Gasteiger partial charge is 0.460 e. The molecule has 0 aromatic carbocycles. The van der Waals surface area contributed by atoms with Crippen molar-refractivity contribution in [3.05, 3.63) is 29.7 Å². The fraction of sp³-hybridized carbons (Fsp3) is 0.647. The highest BCUT2D eigenvalue weighted by Gasteiger charge is 2.61. The molecule has 3 rings (SSSR count). The molecule has 1 aromatic rings. The zero-order chi connectivity index (χ0) is 20.1. The summed E-state index contributed by atoms with van der Waals surface area (Å²) in [6.45, 7) is 3.33. The Labute approximate surface area is 175 Å². The number of rotatable bonds is 6. The molecule has 2 aliphatic rings. The smallest absolute Gasteiger partial charge is 0.432 e. The number of hydrogen-bond acceptors (Lipinski definition) is 4. The summed E-state index contributed by atoms with van der Waals surface area (Å²) >= 11 is 7.01. The highest BCUT2D eigenvalue weighted by Crippen LogP contribution is 2.60. The van der Waals surface area contributed by atoms with E-state index in [2.05, 4.69) is 31.9 Å². The van der Waals surface area contributed by atoms with Gasteiger partial charge in [-0.15, -0.1) is 0 Å². The second-order valence-electron chi connectivity index (χ2n) is 7.58. The van der Waals surface area contributed by atoms with Crippen LogP contribution < -0.4 is 4.87 Å². The van der Waals surface area contributed by atoms with Crippen LogP contribution in [0.25, 0.3) is 0 Å². The maximum Gasteiger partial charge on any atom is 0.432 e. The van der Waals surface area contributed by atoms with E-state index < -0.39 is 35.2 Å². The molecule has 0 unspecified atom stereocenters. The average Bonchev–Trinajstić information content (AvgIpc) is 3.37. The van der Waals surface area contributed by atoms with Crippen molar-refractivity contribution in [2.75, 3.05) is 0 Å². The molecule has 10 heteroatoms. The fourth-order valence-electron chi connectivity index (χ4n) is 3.39. The van der Waals surface area contributed by atoms with Crippen molar-refractivity contribution >= 4 is 49.2 Å². The first-order valence-electron chi connectivity index (χ1n) is 8.42. The summed E-state index contributed by atoms with van der Waals surface area (Å²) in [5, 5.41) is 0.